The average Bonchev–Trinajstić information content (AvgIpc) is 2.31. The standard InChI is InChI=1S/C16H28O3/c1-5-6-7-8-15(17)19-14-11-13(16(3,4)18)10-9-12(14)2/h9,13-14,18H,5-8,10-11H2,1-4H3/t13-,14+/m1/s1. The highest BCUT2D eigenvalue weighted by Crippen LogP contribution is 2.33. The number of rotatable bonds is 6. The highest BCUT2D eigenvalue weighted by Gasteiger charge is 2.33. The highest BCUT2D eigenvalue weighted by molar-refractivity contribution is 5.69. The lowest BCUT2D eigenvalue weighted by Gasteiger charge is -2.35. The highest BCUT2D eigenvalue weighted by atomic mass is 16.5. The first-order chi connectivity index (χ1) is 8.84. The third-order valence-corrected chi connectivity index (χ3v) is 3.99. The third kappa shape index (κ3) is 5.35. The molecule has 0 amide bonds. The van der Waals surface area contributed by atoms with Gasteiger partial charge in [-0.05, 0) is 51.5 Å². The summed E-state index contributed by atoms with van der Waals surface area (Å²) in [6.45, 7) is 7.77. The summed E-state index contributed by atoms with van der Waals surface area (Å²) in [5.74, 6) is 0.0484. The quantitative estimate of drug-likeness (QED) is 0.455. The first-order valence-corrected chi connectivity index (χ1v) is 7.43. The average molecular weight is 268 g/mol. The van der Waals surface area contributed by atoms with Gasteiger partial charge in [0.05, 0.1) is 5.60 Å². The molecule has 0 aromatic rings. The van der Waals surface area contributed by atoms with Crippen LogP contribution in [0, 0.1) is 5.92 Å². The van der Waals surface area contributed by atoms with Crippen LogP contribution in [0.1, 0.15) is 66.2 Å². The molecule has 19 heavy (non-hydrogen) atoms. The zero-order chi connectivity index (χ0) is 14.5. The Morgan fingerprint density at radius 1 is 1.47 bits per heavy atom. The Labute approximate surface area is 117 Å². The molecule has 0 saturated heterocycles. The molecule has 1 N–H and O–H groups in total. The molecule has 0 aliphatic heterocycles. The van der Waals surface area contributed by atoms with E-state index in [4.69, 9.17) is 4.74 Å². The monoisotopic (exact) mass is 268 g/mol. The van der Waals surface area contributed by atoms with Crippen molar-refractivity contribution in [3.63, 3.8) is 0 Å². The largest absolute Gasteiger partial charge is 0.458 e. The van der Waals surface area contributed by atoms with Crippen LogP contribution in [0.2, 0.25) is 0 Å². The molecule has 0 bridgehead atoms. The van der Waals surface area contributed by atoms with E-state index in [0.717, 1.165) is 37.7 Å². The van der Waals surface area contributed by atoms with E-state index >= 15 is 0 Å². The number of allylic oxidation sites excluding steroid dienone is 1. The molecule has 110 valence electrons. The number of esters is 1. The van der Waals surface area contributed by atoms with Crippen LogP contribution in [-0.2, 0) is 9.53 Å². The van der Waals surface area contributed by atoms with Crippen LogP contribution in [0.25, 0.3) is 0 Å². The SMILES string of the molecule is CCCCCC(=O)O[C@H]1C[C@H](C(C)(C)O)CC=C1C. The number of unbranched alkanes of at least 4 members (excludes halogenated alkanes) is 2. The summed E-state index contributed by atoms with van der Waals surface area (Å²) in [6, 6.07) is 0. The molecule has 0 saturated carbocycles. The second-order valence-electron chi connectivity index (χ2n) is 6.21. The Morgan fingerprint density at radius 2 is 2.16 bits per heavy atom. The Hall–Kier alpha value is -0.830. The Morgan fingerprint density at radius 3 is 2.74 bits per heavy atom. The van der Waals surface area contributed by atoms with Gasteiger partial charge in [0.25, 0.3) is 0 Å². The molecule has 0 radical (unpaired) electrons. The van der Waals surface area contributed by atoms with Gasteiger partial charge in [-0.3, -0.25) is 4.79 Å². The van der Waals surface area contributed by atoms with E-state index in [-0.39, 0.29) is 18.0 Å². The fraction of sp³-hybridized carbons (Fsp3) is 0.812. The van der Waals surface area contributed by atoms with Gasteiger partial charge in [-0.15, -0.1) is 0 Å². The van der Waals surface area contributed by atoms with E-state index in [9.17, 15) is 9.90 Å². The molecule has 0 unspecified atom stereocenters. The van der Waals surface area contributed by atoms with Crippen LogP contribution < -0.4 is 0 Å². The molecule has 0 aromatic heterocycles. The summed E-state index contributed by atoms with van der Waals surface area (Å²) >= 11 is 0. The van der Waals surface area contributed by atoms with Crippen molar-refractivity contribution in [2.75, 3.05) is 0 Å². The van der Waals surface area contributed by atoms with Crippen LogP contribution in [0.4, 0.5) is 0 Å². The molecule has 0 spiro atoms. The predicted octanol–water partition coefficient (Wildman–Crippen LogP) is 3.61. The van der Waals surface area contributed by atoms with E-state index in [1.54, 1.807) is 0 Å². The van der Waals surface area contributed by atoms with Gasteiger partial charge in [0.15, 0.2) is 0 Å². The van der Waals surface area contributed by atoms with Gasteiger partial charge in [0, 0.05) is 6.42 Å². The Bertz CT molecular complexity index is 325. The second kappa shape index (κ2) is 7.09. The van der Waals surface area contributed by atoms with E-state index in [1.807, 2.05) is 20.8 Å². The summed E-state index contributed by atoms with van der Waals surface area (Å²) in [5, 5.41) is 10.1. The lowest BCUT2D eigenvalue weighted by Crippen LogP contribution is -2.37. The summed E-state index contributed by atoms with van der Waals surface area (Å²) in [4.78, 5) is 11.8. The van der Waals surface area contributed by atoms with Crippen molar-refractivity contribution < 1.29 is 14.6 Å². The van der Waals surface area contributed by atoms with Crippen LogP contribution in [0.3, 0.4) is 0 Å². The minimum Gasteiger partial charge on any atom is -0.458 e. The minimum absolute atomic E-state index is 0.109. The van der Waals surface area contributed by atoms with E-state index in [1.165, 1.54) is 0 Å². The van der Waals surface area contributed by atoms with Crippen molar-refractivity contribution in [1.29, 1.82) is 0 Å². The van der Waals surface area contributed by atoms with Crippen LogP contribution in [-0.4, -0.2) is 22.8 Å². The zero-order valence-electron chi connectivity index (χ0n) is 12.7. The fourth-order valence-corrected chi connectivity index (χ4v) is 2.45. The number of hydrogen-bond acceptors (Lipinski definition) is 3. The lowest BCUT2D eigenvalue weighted by molar-refractivity contribution is -0.149. The molecule has 0 aromatic carbocycles. The van der Waals surface area contributed by atoms with Crippen molar-refractivity contribution in [2.45, 2.75) is 77.9 Å². The maximum Gasteiger partial charge on any atom is 0.306 e. The van der Waals surface area contributed by atoms with Crippen LogP contribution >= 0.6 is 0 Å². The Kier molecular flexibility index (Phi) is 6.05. The molecule has 3 heteroatoms. The molecular weight excluding hydrogens is 240 g/mol. The molecule has 0 heterocycles. The fourth-order valence-electron chi connectivity index (χ4n) is 2.45. The first-order valence-electron chi connectivity index (χ1n) is 7.43. The summed E-state index contributed by atoms with van der Waals surface area (Å²) in [7, 11) is 0. The second-order valence-corrected chi connectivity index (χ2v) is 6.21. The smallest absolute Gasteiger partial charge is 0.306 e. The van der Waals surface area contributed by atoms with Crippen molar-refractivity contribution >= 4 is 5.97 Å². The van der Waals surface area contributed by atoms with E-state index in [0.29, 0.717) is 6.42 Å². The molecular formula is C16H28O3. The number of carbonyl (C=O) groups is 1. The normalized spacial score (nSPS) is 23.9. The van der Waals surface area contributed by atoms with Crippen LogP contribution in [0.15, 0.2) is 11.6 Å². The summed E-state index contributed by atoms with van der Waals surface area (Å²) in [5.41, 5.74) is 0.397. The van der Waals surface area contributed by atoms with Crippen molar-refractivity contribution in [1.82, 2.24) is 0 Å². The van der Waals surface area contributed by atoms with Gasteiger partial charge < -0.3 is 9.84 Å². The molecule has 2 atom stereocenters. The Balaban J connectivity index is 2.50. The van der Waals surface area contributed by atoms with Gasteiger partial charge in [0.2, 0.25) is 0 Å². The number of carbonyl (C=O) groups excluding carboxylic acids is 1. The molecule has 1 rings (SSSR count). The van der Waals surface area contributed by atoms with Gasteiger partial charge in [-0.1, -0.05) is 25.8 Å². The van der Waals surface area contributed by atoms with E-state index in [2.05, 4.69) is 13.0 Å². The zero-order valence-corrected chi connectivity index (χ0v) is 12.7. The topological polar surface area (TPSA) is 46.5 Å². The van der Waals surface area contributed by atoms with Crippen molar-refractivity contribution in [3.8, 4) is 0 Å². The predicted molar refractivity (Wildman–Crippen MR) is 76.8 cm³/mol. The number of aliphatic hydroxyl groups is 1. The first kappa shape index (κ1) is 16.2. The molecule has 0 fully saturated rings. The van der Waals surface area contributed by atoms with Crippen molar-refractivity contribution in [3.05, 3.63) is 11.6 Å². The number of ether oxygens (including phenoxy) is 1. The molecule has 1 aliphatic rings. The summed E-state index contributed by atoms with van der Waals surface area (Å²) in [6.07, 6.45) is 7.11. The van der Waals surface area contributed by atoms with Gasteiger partial charge in [0.1, 0.15) is 6.10 Å². The third-order valence-electron chi connectivity index (χ3n) is 3.99. The number of hydrogen-bond donors (Lipinski definition) is 1. The van der Waals surface area contributed by atoms with E-state index < -0.39 is 5.60 Å². The maximum absolute atomic E-state index is 11.8. The summed E-state index contributed by atoms with van der Waals surface area (Å²) < 4.78 is 5.56. The van der Waals surface area contributed by atoms with Crippen molar-refractivity contribution in [2.24, 2.45) is 5.92 Å². The van der Waals surface area contributed by atoms with Gasteiger partial charge in [-0.25, -0.2) is 0 Å². The van der Waals surface area contributed by atoms with Crippen LogP contribution in [0.5, 0.6) is 0 Å². The lowest BCUT2D eigenvalue weighted by atomic mass is 9.78. The molecule has 1 aliphatic carbocycles. The minimum atomic E-state index is -0.718. The maximum atomic E-state index is 11.8. The van der Waals surface area contributed by atoms with Gasteiger partial charge >= 0.3 is 5.97 Å². The van der Waals surface area contributed by atoms with Gasteiger partial charge in [-0.2, -0.15) is 0 Å². The molecule has 3 nitrogen and oxygen atoms in total.